The third-order valence-corrected chi connectivity index (χ3v) is 9.66. The first kappa shape index (κ1) is 23.6. The Morgan fingerprint density at radius 1 is 0.895 bits per heavy atom. The molecule has 3 saturated heterocycles. The molecule has 1 aromatic heterocycles. The van der Waals surface area contributed by atoms with E-state index in [9.17, 15) is 5.11 Å². The second-order valence-corrected chi connectivity index (χ2v) is 11.5. The van der Waals surface area contributed by atoms with Crippen molar-refractivity contribution in [2.75, 3.05) is 6.54 Å². The minimum atomic E-state index is -0.542. The van der Waals surface area contributed by atoms with Crippen molar-refractivity contribution in [2.24, 2.45) is 5.92 Å². The summed E-state index contributed by atoms with van der Waals surface area (Å²) >= 11 is 0. The molecule has 5 atom stereocenters. The van der Waals surface area contributed by atoms with Crippen LogP contribution < -0.4 is 0 Å². The van der Waals surface area contributed by atoms with Gasteiger partial charge >= 0.3 is 0 Å². The summed E-state index contributed by atoms with van der Waals surface area (Å²) in [6, 6.07) is 30.9. The molecule has 4 heterocycles. The fraction of sp³-hybridized carbons (Fsp3) is 0.286. The van der Waals surface area contributed by atoms with Gasteiger partial charge in [-0.1, -0.05) is 72.8 Å². The fourth-order valence-electron chi connectivity index (χ4n) is 7.91. The highest BCUT2D eigenvalue weighted by molar-refractivity contribution is 6.02. The number of aromatic nitrogens is 1. The number of hydrogen-bond acceptors (Lipinski definition) is 2. The van der Waals surface area contributed by atoms with Crippen LogP contribution in [0.5, 0.6) is 0 Å². The lowest BCUT2D eigenvalue weighted by Gasteiger charge is -2.60. The van der Waals surface area contributed by atoms with Crippen molar-refractivity contribution in [1.29, 1.82) is 0 Å². The van der Waals surface area contributed by atoms with E-state index in [4.69, 9.17) is 0 Å². The van der Waals surface area contributed by atoms with Crippen LogP contribution in [0.3, 0.4) is 0 Å². The highest BCUT2D eigenvalue weighted by Crippen LogP contribution is 2.50. The Morgan fingerprint density at radius 3 is 2.32 bits per heavy atom. The molecule has 1 N–H and O–H groups in total. The number of benzene rings is 4. The van der Waals surface area contributed by atoms with E-state index in [-0.39, 0.29) is 6.04 Å². The van der Waals surface area contributed by atoms with E-state index in [2.05, 4.69) is 84.4 Å². The number of rotatable bonds is 6. The number of hydrogen-bond donors (Lipinski definition) is 1. The standard InChI is InChI=1S/C35H35N2O/c1-2-9-27-20-24-17-19-37(27,34(21-24)35(38)31-16-18-36-33-15-8-7-14-30(31)33)23-32-28-12-5-3-10-25(28)22-26-11-4-6-13-29(26)32/h2-8,10-16,18,22,24,27,34-35,38H,1,9,17,19-21,23H2/q+1. The number of piperidine rings is 3. The minimum Gasteiger partial charge on any atom is -0.382 e. The van der Waals surface area contributed by atoms with Gasteiger partial charge in [-0.2, -0.15) is 0 Å². The van der Waals surface area contributed by atoms with E-state index in [0.717, 1.165) is 46.9 Å². The van der Waals surface area contributed by atoms with Crippen LogP contribution in [0.4, 0.5) is 0 Å². The second kappa shape index (κ2) is 9.34. The van der Waals surface area contributed by atoms with Crippen molar-refractivity contribution in [1.82, 2.24) is 4.98 Å². The summed E-state index contributed by atoms with van der Waals surface area (Å²) in [5.74, 6) is 0.664. The van der Waals surface area contributed by atoms with Gasteiger partial charge in [0, 0.05) is 36.4 Å². The van der Waals surface area contributed by atoms with Crippen molar-refractivity contribution < 1.29 is 9.59 Å². The first-order valence-corrected chi connectivity index (χ1v) is 14.1. The summed E-state index contributed by atoms with van der Waals surface area (Å²) in [6.45, 7) is 6.20. The molecule has 5 aromatic rings. The summed E-state index contributed by atoms with van der Waals surface area (Å²) in [6.07, 6.45) is 7.93. The maximum Gasteiger partial charge on any atom is 0.131 e. The molecule has 3 nitrogen and oxygen atoms in total. The van der Waals surface area contributed by atoms with Gasteiger partial charge in [-0.3, -0.25) is 4.98 Å². The van der Waals surface area contributed by atoms with Crippen LogP contribution in [0, 0.1) is 5.92 Å². The number of nitrogens with zero attached hydrogens (tertiary/aromatic N) is 2. The zero-order chi connectivity index (χ0) is 25.7. The van der Waals surface area contributed by atoms with Gasteiger partial charge in [0.2, 0.25) is 0 Å². The smallest absolute Gasteiger partial charge is 0.131 e. The second-order valence-electron chi connectivity index (χ2n) is 11.5. The molecule has 0 spiro atoms. The predicted octanol–water partition coefficient (Wildman–Crippen LogP) is 7.72. The molecule has 3 aliphatic heterocycles. The van der Waals surface area contributed by atoms with Crippen LogP contribution in [0.2, 0.25) is 0 Å². The Morgan fingerprint density at radius 2 is 1.58 bits per heavy atom. The van der Waals surface area contributed by atoms with Crippen LogP contribution in [-0.4, -0.2) is 33.2 Å². The molecule has 38 heavy (non-hydrogen) atoms. The Labute approximate surface area is 224 Å². The quantitative estimate of drug-likeness (QED) is 0.147. The number of pyridine rings is 1. The van der Waals surface area contributed by atoms with Crippen molar-refractivity contribution in [3.8, 4) is 0 Å². The van der Waals surface area contributed by atoms with E-state index >= 15 is 0 Å². The molecule has 3 fully saturated rings. The number of para-hydroxylation sites is 1. The fourth-order valence-corrected chi connectivity index (χ4v) is 7.91. The van der Waals surface area contributed by atoms with Crippen LogP contribution in [-0.2, 0) is 6.54 Å². The van der Waals surface area contributed by atoms with E-state index in [1.54, 1.807) is 0 Å². The van der Waals surface area contributed by atoms with E-state index in [1.165, 1.54) is 39.9 Å². The molecule has 4 aromatic carbocycles. The molecule has 5 unspecified atom stereocenters. The summed E-state index contributed by atoms with van der Waals surface area (Å²) in [5.41, 5.74) is 3.39. The van der Waals surface area contributed by atoms with Crippen molar-refractivity contribution in [3.63, 3.8) is 0 Å². The zero-order valence-electron chi connectivity index (χ0n) is 21.8. The maximum absolute atomic E-state index is 12.3. The summed E-state index contributed by atoms with van der Waals surface area (Å²) < 4.78 is 0.929. The van der Waals surface area contributed by atoms with Crippen LogP contribution in [0.1, 0.15) is 42.9 Å². The molecule has 0 amide bonds. The first-order valence-electron chi connectivity index (χ1n) is 14.1. The normalized spacial score (nSPS) is 25.7. The molecule has 0 aliphatic carbocycles. The Hall–Kier alpha value is -3.53. The Balaban J connectivity index is 1.42. The van der Waals surface area contributed by atoms with Crippen molar-refractivity contribution in [3.05, 3.63) is 115 Å². The van der Waals surface area contributed by atoms with E-state index in [1.807, 2.05) is 24.4 Å². The topological polar surface area (TPSA) is 33.1 Å². The number of quaternary nitrogens is 1. The molecule has 190 valence electrons. The van der Waals surface area contributed by atoms with E-state index in [0.29, 0.717) is 12.0 Å². The molecule has 3 heteroatoms. The highest BCUT2D eigenvalue weighted by Gasteiger charge is 2.55. The number of fused-ring (bicyclic) bond motifs is 6. The number of aliphatic hydroxyl groups excluding tert-OH is 1. The molecular weight excluding hydrogens is 464 g/mol. The zero-order valence-corrected chi connectivity index (χ0v) is 21.8. The van der Waals surface area contributed by atoms with Crippen LogP contribution in [0.15, 0.2) is 104 Å². The van der Waals surface area contributed by atoms with Gasteiger partial charge in [0.15, 0.2) is 0 Å². The van der Waals surface area contributed by atoms with Gasteiger partial charge in [0.25, 0.3) is 0 Å². The lowest BCUT2D eigenvalue weighted by Crippen LogP contribution is -2.69. The van der Waals surface area contributed by atoms with Gasteiger partial charge in [-0.25, -0.2) is 0 Å². The molecule has 0 radical (unpaired) electrons. The van der Waals surface area contributed by atoms with Gasteiger partial charge in [-0.05, 0) is 57.6 Å². The lowest BCUT2D eigenvalue weighted by atomic mass is 9.72. The van der Waals surface area contributed by atoms with Gasteiger partial charge < -0.3 is 9.59 Å². The van der Waals surface area contributed by atoms with E-state index < -0.39 is 6.10 Å². The molecule has 2 bridgehead atoms. The van der Waals surface area contributed by atoms with Crippen LogP contribution in [0.25, 0.3) is 32.4 Å². The van der Waals surface area contributed by atoms with Gasteiger partial charge in [0.05, 0.1) is 18.1 Å². The van der Waals surface area contributed by atoms with Crippen molar-refractivity contribution in [2.45, 2.75) is 50.4 Å². The number of aliphatic hydroxyl groups is 1. The largest absolute Gasteiger partial charge is 0.382 e. The van der Waals surface area contributed by atoms with Crippen LogP contribution >= 0.6 is 0 Å². The maximum atomic E-state index is 12.3. The third-order valence-electron chi connectivity index (χ3n) is 9.66. The highest BCUT2D eigenvalue weighted by atomic mass is 16.3. The predicted molar refractivity (Wildman–Crippen MR) is 157 cm³/mol. The third kappa shape index (κ3) is 3.68. The molecule has 8 rings (SSSR count). The van der Waals surface area contributed by atoms with Gasteiger partial charge in [0.1, 0.15) is 18.7 Å². The summed E-state index contributed by atoms with van der Waals surface area (Å²) in [4.78, 5) is 4.59. The Bertz CT molecular complexity index is 1600. The molecular formula is C35H35N2O+. The SMILES string of the molecule is C=CCC1CC2CC[N+]1(Cc1c3ccccc3cc3ccccc13)C(C(O)c1ccnc3ccccc13)C2. The lowest BCUT2D eigenvalue weighted by molar-refractivity contribution is -1.00. The average Bonchev–Trinajstić information content (AvgIpc) is 2.97. The minimum absolute atomic E-state index is 0.135. The summed E-state index contributed by atoms with van der Waals surface area (Å²) in [7, 11) is 0. The van der Waals surface area contributed by atoms with Gasteiger partial charge in [-0.15, -0.1) is 6.58 Å². The monoisotopic (exact) mass is 499 g/mol. The molecule has 0 saturated carbocycles. The first-order chi connectivity index (χ1) is 18.7. The molecule has 3 aliphatic rings. The summed E-state index contributed by atoms with van der Waals surface area (Å²) in [5, 5.41) is 18.6. The Kier molecular flexibility index (Phi) is 5.79. The van der Waals surface area contributed by atoms with Crippen molar-refractivity contribution >= 4 is 32.4 Å². The average molecular weight is 500 g/mol.